The minimum Gasteiger partial charge on any atom is -0.353 e. The van der Waals surface area contributed by atoms with Crippen molar-refractivity contribution < 1.29 is 4.79 Å². The highest BCUT2D eigenvalue weighted by Crippen LogP contribution is 2.29. The molecule has 0 aromatic heterocycles. The van der Waals surface area contributed by atoms with Crippen LogP contribution in [-0.2, 0) is 4.79 Å². The number of carbonyl (C=O) groups is 1. The molecular weight excluding hydrogens is 200 g/mol. The average Bonchev–Trinajstić information content (AvgIpc) is 2.64. The van der Waals surface area contributed by atoms with E-state index in [1.54, 1.807) is 0 Å². The van der Waals surface area contributed by atoms with E-state index >= 15 is 0 Å². The summed E-state index contributed by atoms with van der Waals surface area (Å²) in [6.07, 6.45) is 4.98. The Kier molecular flexibility index (Phi) is 5.81. The molecule has 3 atom stereocenters. The van der Waals surface area contributed by atoms with Crippen LogP contribution in [0.15, 0.2) is 0 Å². The van der Waals surface area contributed by atoms with Gasteiger partial charge in [-0.3, -0.25) is 4.79 Å². The summed E-state index contributed by atoms with van der Waals surface area (Å²) in [6.45, 7) is 7.90. The Bertz CT molecular complexity index is 218. The fourth-order valence-electron chi connectivity index (χ4n) is 2.33. The lowest BCUT2D eigenvalue weighted by molar-refractivity contribution is -0.120. The van der Waals surface area contributed by atoms with E-state index in [0.29, 0.717) is 12.6 Å². The minimum atomic E-state index is 0.125. The molecule has 0 aliphatic heterocycles. The number of carbonyl (C=O) groups excluding carboxylic acids is 1. The van der Waals surface area contributed by atoms with Gasteiger partial charge in [0.25, 0.3) is 0 Å². The Morgan fingerprint density at radius 1 is 1.44 bits per heavy atom. The zero-order chi connectivity index (χ0) is 12.0. The van der Waals surface area contributed by atoms with Gasteiger partial charge in [0.2, 0.25) is 5.91 Å². The van der Waals surface area contributed by atoms with Crippen molar-refractivity contribution in [1.82, 2.24) is 10.6 Å². The Balaban J connectivity index is 2.04. The second kappa shape index (κ2) is 6.89. The maximum atomic E-state index is 11.5. The van der Waals surface area contributed by atoms with Crippen LogP contribution in [0, 0.1) is 11.8 Å². The summed E-state index contributed by atoms with van der Waals surface area (Å²) in [5.41, 5.74) is 0. The monoisotopic (exact) mass is 226 g/mol. The van der Waals surface area contributed by atoms with Crippen molar-refractivity contribution in [3.8, 4) is 0 Å². The predicted molar refractivity (Wildman–Crippen MR) is 67.3 cm³/mol. The second-order valence-electron chi connectivity index (χ2n) is 5.29. The van der Waals surface area contributed by atoms with Gasteiger partial charge in [-0.05, 0) is 44.6 Å². The highest BCUT2D eigenvalue weighted by Gasteiger charge is 2.20. The minimum absolute atomic E-state index is 0.125. The predicted octanol–water partition coefficient (Wildman–Crippen LogP) is 1.93. The van der Waals surface area contributed by atoms with Crippen LogP contribution in [0.4, 0.5) is 0 Å². The van der Waals surface area contributed by atoms with Crippen LogP contribution in [0.25, 0.3) is 0 Å². The van der Waals surface area contributed by atoms with Crippen LogP contribution in [0.5, 0.6) is 0 Å². The Hall–Kier alpha value is -0.570. The van der Waals surface area contributed by atoms with E-state index in [1.165, 1.54) is 19.3 Å². The van der Waals surface area contributed by atoms with Gasteiger partial charge in [-0.25, -0.2) is 0 Å². The van der Waals surface area contributed by atoms with Crippen LogP contribution in [0.2, 0.25) is 0 Å². The first-order valence-corrected chi connectivity index (χ1v) is 6.61. The van der Waals surface area contributed by atoms with Gasteiger partial charge >= 0.3 is 0 Å². The molecule has 0 aromatic rings. The summed E-state index contributed by atoms with van der Waals surface area (Å²) >= 11 is 0. The van der Waals surface area contributed by atoms with Crippen molar-refractivity contribution in [3.05, 3.63) is 0 Å². The molecule has 0 radical (unpaired) electrons. The molecule has 0 aromatic carbocycles. The summed E-state index contributed by atoms with van der Waals surface area (Å²) in [5.74, 6) is 1.78. The topological polar surface area (TPSA) is 41.1 Å². The fourth-order valence-corrected chi connectivity index (χ4v) is 2.33. The van der Waals surface area contributed by atoms with Crippen molar-refractivity contribution in [2.45, 2.75) is 52.5 Å². The number of hydrogen-bond acceptors (Lipinski definition) is 2. The molecular formula is C13H26N2O. The van der Waals surface area contributed by atoms with Crippen LogP contribution in [0.3, 0.4) is 0 Å². The van der Waals surface area contributed by atoms with E-state index in [-0.39, 0.29) is 5.91 Å². The molecule has 1 aliphatic carbocycles. The van der Waals surface area contributed by atoms with Gasteiger partial charge in [0, 0.05) is 6.04 Å². The Morgan fingerprint density at radius 2 is 2.19 bits per heavy atom. The number of rotatable bonds is 6. The Morgan fingerprint density at radius 3 is 2.75 bits per heavy atom. The smallest absolute Gasteiger partial charge is 0.234 e. The average molecular weight is 226 g/mol. The Labute approximate surface area is 99.4 Å². The third-order valence-electron chi connectivity index (χ3n) is 3.54. The molecule has 94 valence electrons. The van der Waals surface area contributed by atoms with Crippen molar-refractivity contribution >= 4 is 5.91 Å². The van der Waals surface area contributed by atoms with Crippen molar-refractivity contribution in [2.24, 2.45) is 11.8 Å². The van der Waals surface area contributed by atoms with Crippen molar-refractivity contribution in [3.63, 3.8) is 0 Å². The molecule has 1 fully saturated rings. The summed E-state index contributed by atoms with van der Waals surface area (Å²) in [7, 11) is 0. The molecule has 1 saturated carbocycles. The maximum Gasteiger partial charge on any atom is 0.234 e. The molecule has 3 heteroatoms. The molecule has 1 rings (SSSR count). The molecule has 0 saturated heterocycles. The summed E-state index contributed by atoms with van der Waals surface area (Å²) in [6, 6.07) is 0.292. The summed E-state index contributed by atoms with van der Waals surface area (Å²) in [4.78, 5) is 11.5. The van der Waals surface area contributed by atoms with Crippen LogP contribution in [0.1, 0.15) is 46.5 Å². The fraction of sp³-hybridized carbons (Fsp3) is 0.923. The first-order valence-electron chi connectivity index (χ1n) is 6.61. The molecule has 16 heavy (non-hydrogen) atoms. The highest BCUT2D eigenvalue weighted by atomic mass is 16.1. The zero-order valence-electron chi connectivity index (χ0n) is 10.9. The van der Waals surface area contributed by atoms with E-state index in [0.717, 1.165) is 24.8 Å². The largest absolute Gasteiger partial charge is 0.353 e. The molecule has 3 nitrogen and oxygen atoms in total. The van der Waals surface area contributed by atoms with Crippen LogP contribution < -0.4 is 10.6 Å². The third kappa shape index (κ3) is 4.97. The van der Waals surface area contributed by atoms with E-state index in [1.807, 2.05) is 6.92 Å². The van der Waals surface area contributed by atoms with Gasteiger partial charge in [-0.15, -0.1) is 0 Å². The van der Waals surface area contributed by atoms with E-state index in [9.17, 15) is 4.79 Å². The lowest BCUT2D eigenvalue weighted by Gasteiger charge is -2.13. The summed E-state index contributed by atoms with van der Waals surface area (Å²) in [5, 5.41) is 6.23. The number of nitrogens with one attached hydrogen (secondary N) is 2. The first-order chi connectivity index (χ1) is 7.61. The van der Waals surface area contributed by atoms with E-state index < -0.39 is 0 Å². The SMILES string of the molecule is CCC(C)NC(=O)CNCC1CCC(C)C1. The van der Waals surface area contributed by atoms with Crippen LogP contribution >= 0.6 is 0 Å². The molecule has 0 bridgehead atoms. The summed E-state index contributed by atoms with van der Waals surface area (Å²) < 4.78 is 0. The first kappa shape index (κ1) is 13.5. The lowest BCUT2D eigenvalue weighted by Crippen LogP contribution is -2.39. The molecule has 0 heterocycles. The van der Waals surface area contributed by atoms with Gasteiger partial charge in [0.15, 0.2) is 0 Å². The number of amides is 1. The van der Waals surface area contributed by atoms with Crippen molar-refractivity contribution in [1.29, 1.82) is 0 Å². The maximum absolute atomic E-state index is 11.5. The normalized spacial score (nSPS) is 26.7. The molecule has 3 unspecified atom stereocenters. The highest BCUT2D eigenvalue weighted by molar-refractivity contribution is 5.78. The van der Waals surface area contributed by atoms with Gasteiger partial charge in [0.1, 0.15) is 0 Å². The van der Waals surface area contributed by atoms with E-state index in [4.69, 9.17) is 0 Å². The van der Waals surface area contributed by atoms with Crippen molar-refractivity contribution in [2.75, 3.05) is 13.1 Å². The standard InChI is InChI=1S/C13H26N2O/c1-4-11(3)15-13(16)9-14-8-12-6-5-10(2)7-12/h10-12,14H,4-9H2,1-3H3,(H,15,16). The van der Waals surface area contributed by atoms with E-state index in [2.05, 4.69) is 24.5 Å². The quantitative estimate of drug-likeness (QED) is 0.726. The molecule has 2 N–H and O–H groups in total. The molecule has 1 aliphatic rings. The molecule has 0 spiro atoms. The van der Waals surface area contributed by atoms with Gasteiger partial charge < -0.3 is 10.6 Å². The van der Waals surface area contributed by atoms with Gasteiger partial charge in [-0.2, -0.15) is 0 Å². The molecule has 1 amide bonds. The zero-order valence-corrected chi connectivity index (χ0v) is 10.9. The number of hydrogen-bond donors (Lipinski definition) is 2. The van der Waals surface area contributed by atoms with Crippen LogP contribution in [-0.4, -0.2) is 25.0 Å². The second-order valence-corrected chi connectivity index (χ2v) is 5.29. The third-order valence-corrected chi connectivity index (χ3v) is 3.54. The van der Waals surface area contributed by atoms with Gasteiger partial charge in [-0.1, -0.05) is 20.3 Å². The lowest BCUT2D eigenvalue weighted by atomic mass is 10.1. The van der Waals surface area contributed by atoms with Gasteiger partial charge in [0.05, 0.1) is 6.54 Å².